The number of aromatic nitrogens is 2. The lowest BCUT2D eigenvalue weighted by Gasteiger charge is -2.32. The Bertz CT molecular complexity index is 1140. The Balaban J connectivity index is 1.50. The van der Waals surface area contributed by atoms with E-state index < -0.39 is 0 Å². The number of rotatable bonds is 3. The lowest BCUT2D eigenvalue weighted by molar-refractivity contribution is -0.121. The number of piperidine rings is 1. The fourth-order valence-electron chi connectivity index (χ4n) is 3.71. The van der Waals surface area contributed by atoms with E-state index in [9.17, 15) is 14.4 Å². The van der Waals surface area contributed by atoms with Crippen LogP contribution in [0.4, 0.5) is 5.82 Å². The number of H-pyrrole nitrogens is 1. The number of amides is 2. The summed E-state index contributed by atoms with van der Waals surface area (Å²) < 4.78 is 0. The molecule has 0 spiro atoms. The summed E-state index contributed by atoms with van der Waals surface area (Å²) in [5.74, 6) is -0.217. The van der Waals surface area contributed by atoms with Crippen molar-refractivity contribution in [3.63, 3.8) is 0 Å². The van der Waals surface area contributed by atoms with E-state index in [2.05, 4.69) is 15.3 Å². The average Bonchev–Trinajstić information content (AvgIpc) is 2.73. The smallest absolute Gasteiger partial charge is 0.270 e. The van der Waals surface area contributed by atoms with Crippen LogP contribution in [-0.4, -0.2) is 39.8 Å². The van der Waals surface area contributed by atoms with E-state index >= 15 is 0 Å². The Labute approximate surface area is 167 Å². The summed E-state index contributed by atoms with van der Waals surface area (Å²) in [6.07, 6.45) is 1.43. The number of nitrogens with one attached hydrogen (secondary N) is 2. The van der Waals surface area contributed by atoms with Crippen LogP contribution in [-0.2, 0) is 4.79 Å². The minimum absolute atomic E-state index is 0.146. The molecule has 2 amide bonds. The summed E-state index contributed by atoms with van der Waals surface area (Å²) in [6.45, 7) is 2.73. The third-order valence-corrected chi connectivity index (χ3v) is 5.20. The molecule has 7 nitrogen and oxygen atoms in total. The fourth-order valence-corrected chi connectivity index (χ4v) is 3.71. The molecule has 29 heavy (non-hydrogen) atoms. The van der Waals surface area contributed by atoms with Gasteiger partial charge in [0.25, 0.3) is 11.5 Å². The summed E-state index contributed by atoms with van der Waals surface area (Å²) in [4.78, 5) is 46.5. The normalized spacial score (nSPS) is 16.6. The van der Waals surface area contributed by atoms with Crippen LogP contribution in [0.2, 0.25) is 0 Å². The summed E-state index contributed by atoms with van der Waals surface area (Å²) >= 11 is 0. The Hall–Kier alpha value is -3.48. The second-order valence-corrected chi connectivity index (χ2v) is 7.34. The molecule has 1 aliphatic rings. The van der Waals surface area contributed by atoms with E-state index in [0.717, 1.165) is 17.5 Å². The SMILES string of the molecule is Cc1cccc(NC(=O)C2CCCN(C(=O)c3cc4ccccc4c(=O)[nH]3)C2)n1. The molecule has 148 valence electrons. The van der Waals surface area contributed by atoms with Crippen LogP contribution in [0.5, 0.6) is 0 Å². The van der Waals surface area contributed by atoms with Crippen molar-refractivity contribution < 1.29 is 9.59 Å². The number of hydrogen-bond acceptors (Lipinski definition) is 4. The van der Waals surface area contributed by atoms with E-state index in [1.807, 2.05) is 31.2 Å². The first-order valence-corrected chi connectivity index (χ1v) is 9.67. The number of pyridine rings is 2. The van der Waals surface area contributed by atoms with Gasteiger partial charge in [0.15, 0.2) is 0 Å². The van der Waals surface area contributed by atoms with E-state index in [1.54, 1.807) is 29.2 Å². The summed E-state index contributed by atoms with van der Waals surface area (Å²) in [6, 6.07) is 14.3. The number of hydrogen-bond donors (Lipinski definition) is 2. The van der Waals surface area contributed by atoms with Gasteiger partial charge >= 0.3 is 0 Å². The molecule has 0 bridgehead atoms. The molecular weight excluding hydrogens is 368 g/mol. The fraction of sp³-hybridized carbons (Fsp3) is 0.273. The number of aromatic amines is 1. The average molecular weight is 390 g/mol. The van der Waals surface area contributed by atoms with Crippen molar-refractivity contribution in [3.8, 4) is 0 Å². The number of carbonyl (C=O) groups is 2. The van der Waals surface area contributed by atoms with Gasteiger partial charge in [0.2, 0.25) is 5.91 Å². The van der Waals surface area contributed by atoms with Gasteiger partial charge in [-0.1, -0.05) is 24.3 Å². The van der Waals surface area contributed by atoms with Crippen LogP contribution in [0.25, 0.3) is 10.8 Å². The molecule has 1 fully saturated rings. The summed E-state index contributed by atoms with van der Waals surface area (Å²) in [5.41, 5.74) is 0.780. The van der Waals surface area contributed by atoms with Gasteiger partial charge in [0.1, 0.15) is 11.5 Å². The molecular formula is C22H22N4O3. The molecule has 1 unspecified atom stereocenters. The Kier molecular flexibility index (Phi) is 5.12. The van der Waals surface area contributed by atoms with Crippen LogP contribution in [0.3, 0.4) is 0 Å². The van der Waals surface area contributed by atoms with Gasteiger partial charge < -0.3 is 15.2 Å². The van der Waals surface area contributed by atoms with Gasteiger partial charge in [-0.05, 0) is 49.4 Å². The first-order valence-electron chi connectivity index (χ1n) is 9.67. The lowest BCUT2D eigenvalue weighted by atomic mass is 9.96. The standard InChI is InChI=1S/C22H22N4O3/c1-14-6-4-10-19(23-14)25-20(27)16-8-5-11-26(13-16)22(29)18-12-15-7-2-3-9-17(15)21(28)24-18/h2-4,6-7,9-10,12,16H,5,8,11,13H2,1H3,(H,24,28)(H,23,25,27). The van der Waals surface area contributed by atoms with Crippen molar-refractivity contribution in [1.82, 2.24) is 14.9 Å². The second-order valence-electron chi connectivity index (χ2n) is 7.34. The summed E-state index contributed by atoms with van der Waals surface area (Å²) in [7, 11) is 0. The molecule has 1 atom stereocenters. The van der Waals surface area contributed by atoms with Crippen LogP contribution in [0.1, 0.15) is 29.0 Å². The Morgan fingerprint density at radius 3 is 2.83 bits per heavy atom. The van der Waals surface area contributed by atoms with Crippen molar-refractivity contribution in [2.45, 2.75) is 19.8 Å². The van der Waals surface area contributed by atoms with Gasteiger partial charge in [0.05, 0.1) is 5.92 Å². The molecule has 0 saturated carbocycles. The first kappa shape index (κ1) is 18.9. The second kappa shape index (κ2) is 7.87. The van der Waals surface area contributed by atoms with Crippen molar-refractivity contribution >= 4 is 28.4 Å². The molecule has 2 aromatic heterocycles. The Morgan fingerprint density at radius 1 is 1.17 bits per heavy atom. The number of carbonyl (C=O) groups excluding carboxylic acids is 2. The molecule has 2 N–H and O–H groups in total. The van der Waals surface area contributed by atoms with Crippen molar-refractivity contribution in [1.29, 1.82) is 0 Å². The zero-order valence-corrected chi connectivity index (χ0v) is 16.1. The molecule has 0 aliphatic carbocycles. The highest BCUT2D eigenvalue weighted by atomic mass is 16.2. The number of fused-ring (bicyclic) bond motifs is 1. The van der Waals surface area contributed by atoms with E-state index in [0.29, 0.717) is 30.7 Å². The monoisotopic (exact) mass is 390 g/mol. The number of nitrogens with zero attached hydrogens (tertiary/aromatic N) is 2. The van der Waals surface area contributed by atoms with Crippen LogP contribution in [0.15, 0.2) is 53.3 Å². The topological polar surface area (TPSA) is 95.2 Å². The van der Waals surface area contributed by atoms with Gasteiger partial charge in [0, 0.05) is 24.2 Å². The predicted molar refractivity (Wildman–Crippen MR) is 111 cm³/mol. The molecule has 7 heteroatoms. The van der Waals surface area contributed by atoms with Crippen molar-refractivity contribution in [2.24, 2.45) is 5.92 Å². The molecule has 1 saturated heterocycles. The maximum Gasteiger partial charge on any atom is 0.270 e. The molecule has 0 radical (unpaired) electrons. The zero-order valence-electron chi connectivity index (χ0n) is 16.1. The van der Waals surface area contributed by atoms with Gasteiger partial charge in [-0.25, -0.2) is 4.98 Å². The van der Waals surface area contributed by atoms with Crippen molar-refractivity contribution in [3.05, 3.63) is 70.3 Å². The maximum absolute atomic E-state index is 13.0. The zero-order chi connectivity index (χ0) is 20.4. The highest BCUT2D eigenvalue weighted by Crippen LogP contribution is 2.20. The molecule has 3 heterocycles. The van der Waals surface area contributed by atoms with Crippen LogP contribution >= 0.6 is 0 Å². The highest BCUT2D eigenvalue weighted by Gasteiger charge is 2.29. The van der Waals surface area contributed by atoms with E-state index in [4.69, 9.17) is 0 Å². The van der Waals surface area contributed by atoms with Gasteiger partial charge in [-0.15, -0.1) is 0 Å². The van der Waals surface area contributed by atoms with Gasteiger partial charge in [-0.3, -0.25) is 14.4 Å². The highest BCUT2D eigenvalue weighted by molar-refractivity contribution is 5.97. The molecule has 1 aromatic carbocycles. The minimum atomic E-state index is -0.317. The van der Waals surface area contributed by atoms with Gasteiger partial charge in [-0.2, -0.15) is 0 Å². The quantitative estimate of drug-likeness (QED) is 0.719. The maximum atomic E-state index is 13.0. The molecule has 3 aromatic rings. The first-order chi connectivity index (χ1) is 14.0. The molecule has 1 aliphatic heterocycles. The number of anilines is 1. The third kappa shape index (κ3) is 4.03. The summed E-state index contributed by atoms with van der Waals surface area (Å²) in [5, 5.41) is 4.10. The number of benzene rings is 1. The predicted octanol–water partition coefficient (Wildman–Crippen LogP) is 2.72. The Morgan fingerprint density at radius 2 is 2.00 bits per heavy atom. The largest absolute Gasteiger partial charge is 0.337 e. The molecule has 4 rings (SSSR count). The minimum Gasteiger partial charge on any atom is -0.337 e. The van der Waals surface area contributed by atoms with Crippen molar-refractivity contribution in [2.75, 3.05) is 18.4 Å². The van der Waals surface area contributed by atoms with Crippen LogP contribution in [0, 0.1) is 12.8 Å². The van der Waals surface area contributed by atoms with E-state index in [1.165, 1.54) is 0 Å². The van der Waals surface area contributed by atoms with Crippen LogP contribution < -0.4 is 10.9 Å². The van der Waals surface area contributed by atoms with E-state index in [-0.39, 0.29) is 29.0 Å². The number of aryl methyl sites for hydroxylation is 1. The number of likely N-dealkylation sites (tertiary alicyclic amines) is 1. The third-order valence-electron chi connectivity index (χ3n) is 5.20. The lowest BCUT2D eigenvalue weighted by Crippen LogP contribution is -2.44.